The van der Waals surface area contributed by atoms with Gasteiger partial charge in [0.25, 0.3) is 0 Å². The number of imidazole rings is 1. The first-order valence-corrected chi connectivity index (χ1v) is 5.87. The van der Waals surface area contributed by atoms with E-state index in [4.69, 9.17) is 47.1 Å². The third kappa shape index (κ3) is 12.3. The van der Waals surface area contributed by atoms with Crippen molar-refractivity contribution < 1.29 is 7.13 Å². The Morgan fingerprint density at radius 1 is 1.27 bits per heavy atom. The van der Waals surface area contributed by atoms with E-state index in [1.165, 1.54) is 12.8 Å². The maximum absolute atomic E-state index is 4.76. The van der Waals surface area contributed by atoms with Crippen molar-refractivity contribution in [2.24, 2.45) is 7.05 Å². The Labute approximate surface area is 111 Å². The Hall–Kier alpha value is 0.330. The van der Waals surface area contributed by atoms with E-state index in [2.05, 4.69) is 34.8 Å². The fourth-order valence-corrected chi connectivity index (χ4v) is 0.975. The Morgan fingerprint density at radius 3 is 2.13 bits per heavy atom. The summed E-state index contributed by atoms with van der Waals surface area (Å²) in [5, 5.41) is 0. The van der Waals surface area contributed by atoms with Crippen molar-refractivity contribution in [1.82, 2.24) is 4.57 Å². The Morgan fingerprint density at radius 2 is 1.80 bits per heavy atom. The van der Waals surface area contributed by atoms with Gasteiger partial charge in [-0.2, -0.15) is 0 Å². The van der Waals surface area contributed by atoms with Crippen molar-refractivity contribution in [2.75, 3.05) is 0 Å². The van der Waals surface area contributed by atoms with Gasteiger partial charge in [0.2, 0.25) is 53.4 Å². The van der Waals surface area contributed by atoms with Gasteiger partial charge in [0.1, 0.15) is 12.4 Å². The monoisotopic (exact) mass is 293 g/mol. The maximum atomic E-state index is 4.76. The van der Waals surface area contributed by atoms with Crippen LogP contribution in [0.25, 0.3) is 0 Å². The molecule has 0 radical (unpaired) electrons. The van der Waals surface area contributed by atoms with E-state index in [9.17, 15) is 0 Å². The van der Waals surface area contributed by atoms with Gasteiger partial charge in [-0.1, -0.05) is 13.3 Å². The van der Waals surface area contributed by atoms with Crippen molar-refractivity contribution in [3.05, 3.63) is 18.7 Å². The largest absolute Gasteiger partial charge is 0.243 e. The standard InChI is InChI=1S/C8H15N2.Cl4N/c1-3-4-5-10-7-6-9(2)8-10;1-5(2,3)4/h6-8H,3-5H2,1-2H3;/q2*+1. The number of aromatic nitrogens is 2. The lowest BCUT2D eigenvalue weighted by atomic mass is 10.3. The first-order chi connectivity index (χ1) is 6.83. The van der Waals surface area contributed by atoms with E-state index in [1.807, 2.05) is 7.05 Å². The molecule has 0 saturated heterocycles. The van der Waals surface area contributed by atoms with Gasteiger partial charge >= 0.3 is 0 Å². The highest BCUT2D eigenvalue weighted by molar-refractivity contribution is 6.50. The lowest BCUT2D eigenvalue weighted by Crippen LogP contribution is -2.30. The van der Waals surface area contributed by atoms with E-state index >= 15 is 0 Å². The van der Waals surface area contributed by atoms with Crippen LogP contribution in [0.5, 0.6) is 0 Å². The van der Waals surface area contributed by atoms with Crippen LogP contribution in [-0.4, -0.2) is 7.13 Å². The van der Waals surface area contributed by atoms with E-state index < -0.39 is 2.56 Å². The third-order valence-corrected chi connectivity index (χ3v) is 1.59. The van der Waals surface area contributed by atoms with Crippen LogP contribution in [0.2, 0.25) is 0 Å². The zero-order valence-corrected chi connectivity index (χ0v) is 11.7. The minimum Gasteiger partial charge on any atom is -0.240 e. The lowest BCUT2D eigenvalue weighted by molar-refractivity contribution is -0.696. The zero-order valence-electron chi connectivity index (χ0n) is 8.71. The van der Waals surface area contributed by atoms with E-state index in [-0.39, 0.29) is 0 Å². The first kappa shape index (κ1) is 15.3. The van der Waals surface area contributed by atoms with Crippen molar-refractivity contribution >= 4 is 47.1 Å². The van der Waals surface area contributed by atoms with Gasteiger partial charge in [0.05, 0.1) is 16.2 Å². The van der Waals surface area contributed by atoms with Crippen LogP contribution in [0.3, 0.4) is 0 Å². The van der Waals surface area contributed by atoms with Crippen molar-refractivity contribution in [3.63, 3.8) is 0 Å². The molecule has 15 heavy (non-hydrogen) atoms. The molecule has 3 nitrogen and oxygen atoms in total. The molecule has 0 amide bonds. The summed E-state index contributed by atoms with van der Waals surface area (Å²) in [5.41, 5.74) is 0. The molecule has 0 saturated carbocycles. The topological polar surface area (TPSA) is 8.81 Å². The Bertz CT molecular complexity index is 263. The van der Waals surface area contributed by atoms with Crippen molar-refractivity contribution in [1.29, 1.82) is 0 Å². The molecule has 0 bridgehead atoms. The molecule has 0 aliphatic rings. The molecule has 0 atom stereocenters. The summed E-state index contributed by atoms with van der Waals surface area (Å²) in [7, 11) is 2.04. The van der Waals surface area contributed by atoms with Crippen LogP contribution in [-0.2, 0) is 13.6 Å². The molecular formula is C8H15Cl4N3+2. The molecule has 1 heterocycles. The van der Waals surface area contributed by atoms with Crippen LogP contribution >= 0.6 is 47.1 Å². The van der Waals surface area contributed by atoms with Gasteiger partial charge < -0.3 is 0 Å². The second-order valence-electron chi connectivity index (χ2n) is 3.05. The fraction of sp³-hybridized carbons (Fsp3) is 0.625. The normalized spacial score (nSPS) is 10.8. The molecular weight excluding hydrogens is 280 g/mol. The molecule has 1 aromatic rings. The highest BCUT2D eigenvalue weighted by Gasteiger charge is 2.16. The molecule has 0 spiro atoms. The molecule has 7 heteroatoms. The van der Waals surface area contributed by atoms with Gasteiger partial charge in [-0.05, 0) is 6.42 Å². The second-order valence-corrected chi connectivity index (χ2v) is 6.12. The Kier molecular flexibility index (Phi) is 7.75. The smallest absolute Gasteiger partial charge is 0.240 e. The minimum atomic E-state index is -1.11. The molecule has 0 aromatic carbocycles. The molecule has 0 unspecified atom stereocenters. The van der Waals surface area contributed by atoms with E-state index in [1.54, 1.807) is 0 Å². The number of rotatable bonds is 3. The lowest BCUT2D eigenvalue weighted by Gasteiger charge is -1.90. The number of hydrogen-bond donors (Lipinski definition) is 0. The number of quaternary nitrogens is 1. The molecule has 0 fully saturated rings. The first-order valence-electron chi connectivity index (χ1n) is 4.51. The zero-order chi connectivity index (χ0) is 11.9. The van der Waals surface area contributed by atoms with Crippen LogP contribution in [0.1, 0.15) is 19.8 Å². The average molecular weight is 295 g/mol. The van der Waals surface area contributed by atoms with Crippen molar-refractivity contribution in [3.8, 4) is 0 Å². The number of halogens is 4. The summed E-state index contributed by atoms with van der Waals surface area (Å²) in [6.07, 6.45) is 8.82. The number of hydrogen-bond acceptors (Lipinski definition) is 0. The summed E-state index contributed by atoms with van der Waals surface area (Å²) < 4.78 is 3.17. The van der Waals surface area contributed by atoms with Gasteiger partial charge in [-0.15, -0.1) is 0 Å². The SMILES string of the molecule is CCCC[n+]1ccn(C)c1.Cl[N+](Cl)(Cl)Cl. The van der Waals surface area contributed by atoms with E-state index in [0.29, 0.717) is 0 Å². The highest BCUT2D eigenvalue weighted by Crippen LogP contribution is 2.24. The van der Waals surface area contributed by atoms with Gasteiger partial charge in [-0.25, -0.2) is 9.13 Å². The van der Waals surface area contributed by atoms with Crippen LogP contribution in [0, 0.1) is 0 Å². The molecule has 0 aliphatic carbocycles. The quantitative estimate of drug-likeness (QED) is 0.596. The predicted molar refractivity (Wildman–Crippen MR) is 64.2 cm³/mol. The van der Waals surface area contributed by atoms with Crippen molar-refractivity contribution in [2.45, 2.75) is 26.3 Å². The summed E-state index contributed by atoms with van der Waals surface area (Å²) in [6.45, 7) is 3.36. The molecule has 88 valence electrons. The second kappa shape index (κ2) is 7.58. The third-order valence-electron chi connectivity index (χ3n) is 1.59. The maximum Gasteiger partial charge on any atom is 0.243 e. The number of aryl methyl sites for hydroxylation is 2. The average Bonchev–Trinajstić information content (AvgIpc) is 2.45. The van der Waals surface area contributed by atoms with Crippen LogP contribution in [0.4, 0.5) is 0 Å². The molecule has 0 N–H and O–H groups in total. The number of nitrogens with zero attached hydrogens (tertiary/aromatic N) is 3. The molecule has 1 aromatic heterocycles. The Balaban J connectivity index is 0.000000336. The number of unbranched alkanes of at least 4 members (excludes halogenated alkanes) is 1. The van der Waals surface area contributed by atoms with Crippen LogP contribution in [0.15, 0.2) is 18.7 Å². The van der Waals surface area contributed by atoms with Crippen LogP contribution < -0.4 is 4.57 Å². The minimum absolute atomic E-state index is 1.11. The van der Waals surface area contributed by atoms with E-state index in [0.717, 1.165) is 6.54 Å². The van der Waals surface area contributed by atoms with Gasteiger partial charge in [-0.3, -0.25) is 0 Å². The summed E-state index contributed by atoms with van der Waals surface area (Å²) in [5.74, 6) is 0. The summed E-state index contributed by atoms with van der Waals surface area (Å²) in [4.78, 5) is 0. The summed E-state index contributed by atoms with van der Waals surface area (Å²) >= 11 is 19.1. The predicted octanol–water partition coefficient (Wildman–Crippen LogP) is 3.53. The summed E-state index contributed by atoms with van der Waals surface area (Å²) in [6, 6.07) is 0. The molecule has 0 aliphatic heterocycles. The molecule has 1 rings (SSSR count). The van der Waals surface area contributed by atoms with Gasteiger partial charge in [0, 0.05) is 0 Å². The van der Waals surface area contributed by atoms with Gasteiger partial charge in [0.15, 0.2) is 0 Å². The fourth-order valence-electron chi connectivity index (χ4n) is 0.975. The highest BCUT2D eigenvalue weighted by atomic mass is 35.6.